The van der Waals surface area contributed by atoms with Gasteiger partial charge in [-0.2, -0.15) is 8.78 Å². The largest absolute Gasteiger partial charge is 0.433 e. The average molecular weight is 355 g/mol. The summed E-state index contributed by atoms with van der Waals surface area (Å²) < 4.78 is 32.8. The molecule has 2 aromatic carbocycles. The average Bonchev–Trinajstić information content (AvgIpc) is 2.47. The molecule has 2 aromatic rings. The first-order chi connectivity index (χ1) is 10.00. The van der Waals surface area contributed by atoms with Gasteiger partial charge >= 0.3 is 6.11 Å². The second-order valence-corrected chi connectivity index (χ2v) is 5.79. The summed E-state index contributed by atoms with van der Waals surface area (Å²) in [5.74, 6) is 0.192. The highest BCUT2D eigenvalue weighted by molar-refractivity contribution is 9.10. The molecule has 0 atom stereocenters. The summed E-state index contributed by atoms with van der Waals surface area (Å²) in [4.78, 5) is 0. The van der Waals surface area contributed by atoms with Gasteiger partial charge in [0.15, 0.2) is 0 Å². The van der Waals surface area contributed by atoms with Crippen LogP contribution in [0.1, 0.15) is 26.2 Å². The van der Waals surface area contributed by atoms with E-state index in [1.807, 2.05) is 31.2 Å². The van der Waals surface area contributed by atoms with Gasteiger partial charge in [0.05, 0.1) is 6.42 Å². The Bertz CT molecular complexity index is 564. The number of hydrogen-bond acceptors (Lipinski definition) is 1. The first kappa shape index (κ1) is 16.0. The summed E-state index contributed by atoms with van der Waals surface area (Å²) in [6.45, 7) is 1.88. The number of alkyl halides is 2. The van der Waals surface area contributed by atoms with Crippen LogP contribution in [0.3, 0.4) is 0 Å². The first-order valence-corrected chi connectivity index (χ1v) is 7.72. The molecule has 112 valence electrons. The van der Waals surface area contributed by atoms with Crippen LogP contribution in [0.2, 0.25) is 0 Å². The number of ether oxygens (including phenoxy) is 1. The summed E-state index contributed by atoms with van der Waals surface area (Å²) in [5, 5.41) is 0. The SMILES string of the molecule is CCCCC(F)(F)Oc1ccc(-c2ccc(Br)cc2)cc1. The van der Waals surface area contributed by atoms with Crippen LogP contribution >= 0.6 is 15.9 Å². The van der Waals surface area contributed by atoms with Crippen LogP contribution < -0.4 is 4.74 Å². The molecule has 0 saturated carbocycles. The molecule has 0 aliphatic rings. The zero-order valence-electron chi connectivity index (χ0n) is 11.8. The van der Waals surface area contributed by atoms with Crippen LogP contribution in [0.5, 0.6) is 5.75 Å². The van der Waals surface area contributed by atoms with E-state index in [0.29, 0.717) is 6.42 Å². The molecule has 0 aliphatic heterocycles. The van der Waals surface area contributed by atoms with Crippen LogP contribution in [0.4, 0.5) is 8.78 Å². The Hall–Kier alpha value is -1.42. The van der Waals surface area contributed by atoms with Crippen molar-refractivity contribution in [2.45, 2.75) is 32.3 Å². The smallest absolute Gasteiger partial charge is 0.397 e. The second kappa shape index (κ2) is 7.03. The highest BCUT2D eigenvalue weighted by Crippen LogP contribution is 2.29. The fourth-order valence-electron chi connectivity index (χ4n) is 1.96. The third-order valence-electron chi connectivity index (χ3n) is 3.12. The molecule has 0 N–H and O–H groups in total. The Kier molecular flexibility index (Phi) is 5.34. The Morgan fingerprint density at radius 1 is 0.952 bits per heavy atom. The maximum absolute atomic E-state index is 13.5. The van der Waals surface area contributed by atoms with Gasteiger partial charge in [-0.1, -0.05) is 53.5 Å². The van der Waals surface area contributed by atoms with Crippen molar-refractivity contribution in [2.24, 2.45) is 0 Å². The minimum absolute atomic E-state index is 0.192. The summed E-state index contributed by atoms with van der Waals surface area (Å²) >= 11 is 3.38. The standard InChI is InChI=1S/C17H17BrF2O/c1-2-3-12-17(19,20)21-16-10-6-14(7-11-16)13-4-8-15(18)9-5-13/h4-11H,2-3,12H2,1H3. The van der Waals surface area contributed by atoms with Crippen LogP contribution in [-0.2, 0) is 0 Å². The van der Waals surface area contributed by atoms with Gasteiger partial charge < -0.3 is 4.74 Å². The predicted octanol–water partition coefficient (Wildman–Crippen LogP) is 6.28. The predicted molar refractivity (Wildman–Crippen MR) is 84.7 cm³/mol. The van der Waals surface area contributed by atoms with Crippen LogP contribution in [0, 0.1) is 0 Å². The molecule has 0 aliphatic carbocycles. The van der Waals surface area contributed by atoms with Gasteiger partial charge in [-0.05, 0) is 41.8 Å². The number of hydrogen-bond donors (Lipinski definition) is 0. The minimum Gasteiger partial charge on any atom is -0.433 e. The lowest BCUT2D eigenvalue weighted by atomic mass is 10.1. The van der Waals surface area contributed by atoms with Crippen molar-refractivity contribution >= 4 is 15.9 Å². The highest BCUT2D eigenvalue weighted by Gasteiger charge is 2.30. The van der Waals surface area contributed by atoms with E-state index in [1.165, 1.54) is 0 Å². The number of unbranched alkanes of at least 4 members (excludes halogenated alkanes) is 1. The van der Waals surface area contributed by atoms with E-state index in [4.69, 9.17) is 4.74 Å². The Morgan fingerprint density at radius 3 is 2.00 bits per heavy atom. The van der Waals surface area contributed by atoms with E-state index in [9.17, 15) is 8.78 Å². The van der Waals surface area contributed by atoms with Crippen molar-refractivity contribution in [3.05, 3.63) is 53.0 Å². The van der Waals surface area contributed by atoms with Crippen molar-refractivity contribution < 1.29 is 13.5 Å². The molecular formula is C17H17BrF2O. The molecule has 0 radical (unpaired) electrons. The van der Waals surface area contributed by atoms with Gasteiger partial charge in [0.25, 0.3) is 0 Å². The topological polar surface area (TPSA) is 9.23 Å². The Balaban J connectivity index is 2.06. The minimum atomic E-state index is -3.10. The third kappa shape index (κ3) is 4.81. The summed E-state index contributed by atoms with van der Waals surface area (Å²) in [5.41, 5.74) is 1.99. The molecule has 0 spiro atoms. The molecule has 0 fully saturated rings. The molecule has 0 bridgehead atoms. The van der Waals surface area contributed by atoms with E-state index in [1.54, 1.807) is 24.3 Å². The van der Waals surface area contributed by atoms with Crippen molar-refractivity contribution in [2.75, 3.05) is 0 Å². The summed E-state index contributed by atoms with van der Waals surface area (Å²) in [7, 11) is 0. The Morgan fingerprint density at radius 2 is 1.48 bits per heavy atom. The molecule has 0 aromatic heterocycles. The molecule has 1 nitrogen and oxygen atoms in total. The van der Waals surface area contributed by atoms with Crippen molar-refractivity contribution in [3.63, 3.8) is 0 Å². The lowest BCUT2D eigenvalue weighted by Gasteiger charge is -2.17. The Labute approximate surface area is 132 Å². The van der Waals surface area contributed by atoms with E-state index in [0.717, 1.165) is 22.0 Å². The fraction of sp³-hybridized carbons (Fsp3) is 0.294. The fourth-order valence-corrected chi connectivity index (χ4v) is 2.23. The van der Waals surface area contributed by atoms with Gasteiger partial charge in [-0.15, -0.1) is 0 Å². The first-order valence-electron chi connectivity index (χ1n) is 6.93. The van der Waals surface area contributed by atoms with Crippen LogP contribution in [-0.4, -0.2) is 6.11 Å². The molecule has 2 rings (SSSR count). The number of halogens is 3. The van der Waals surface area contributed by atoms with E-state index in [-0.39, 0.29) is 12.2 Å². The zero-order valence-corrected chi connectivity index (χ0v) is 13.4. The van der Waals surface area contributed by atoms with Crippen LogP contribution in [0.15, 0.2) is 53.0 Å². The van der Waals surface area contributed by atoms with Gasteiger partial charge in [-0.25, -0.2) is 0 Å². The summed E-state index contributed by atoms with van der Waals surface area (Å²) in [6.07, 6.45) is -2.18. The van der Waals surface area contributed by atoms with Gasteiger partial charge in [0, 0.05) is 4.47 Å². The monoisotopic (exact) mass is 354 g/mol. The summed E-state index contributed by atoms with van der Waals surface area (Å²) in [6, 6.07) is 14.6. The van der Waals surface area contributed by atoms with E-state index in [2.05, 4.69) is 15.9 Å². The lowest BCUT2D eigenvalue weighted by Crippen LogP contribution is -2.24. The van der Waals surface area contributed by atoms with Crippen LogP contribution in [0.25, 0.3) is 11.1 Å². The van der Waals surface area contributed by atoms with E-state index >= 15 is 0 Å². The maximum Gasteiger partial charge on any atom is 0.397 e. The molecular weight excluding hydrogens is 338 g/mol. The number of rotatable bonds is 6. The second-order valence-electron chi connectivity index (χ2n) is 4.87. The van der Waals surface area contributed by atoms with Gasteiger partial charge in [0.1, 0.15) is 5.75 Å². The molecule has 0 amide bonds. The molecule has 0 heterocycles. The van der Waals surface area contributed by atoms with Crippen molar-refractivity contribution in [1.82, 2.24) is 0 Å². The third-order valence-corrected chi connectivity index (χ3v) is 3.65. The molecule has 4 heteroatoms. The number of benzene rings is 2. The quantitative estimate of drug-likeness (QED) is 0.593. The van der Waals surface area contributed by atoms with Gasteiger partial charge in [0.2, 0.25) is 0 Å². The zero-order chi connectivity index (χ0) is 15.3. The maximum atomic E-state index is 13.5. The molecule has 0 saturated heterocycles. The van der Waals surface area contributed by atoms with Crippen molar-refractivity contribution in [1.29, 1.82) is 0 Å². The van der Waals surface area contributed by atoms with E-state index < -0.39 is 6.11 Å². The van der Waals surface area contributed by atoms with Gasteiger partial charge in [-0.3, -0.25) is 0 Å². The van der Waals surface area contributed by atoms with Crippen molar-refractivity contribution in [3.8, 4) is 16.9 Å². The molecule has 21 heavy (non-hydrogen) atoms. The molecule has 0 unspecified atom stereocenters. The lowest BCUT2D eigenvalue weighted by molar-refractivity contribution is -0.181. The normalized spacial score (nSPS) is 11.4. The highest BCUT2D eigenvalue weighted by atomic mass is 79.9.